The van der Waals surface area contributed by atoms with Gasteiger partial charge in [-0.15, -0.1) is 3.63 Å². The molecule has 0 aliphatic rings. The molecular formula is H4Na2O5S3. The van der Waals surface area contributed by atoms with Gasteiger partial charge in [-0.05, 0) is 0 Å². The first-order chi connectivity index (χ1) is 3.42. The molecule has 0 saturated heterocycles. The van der Waals surface area contributed by atoms with E-state index in [-0.39, 0.29) is 59.1 Å². The Labute approximate surface area is 110 Å². The quantitative estimate of drug-likeness (QED) is 0.417. The van der Waals surface area contributed by atoms with E-state index in [1.165, 1.54) is 0 Å². The summed E-state index contributed by atoms with van der Waals surface area (Å²) in [6.07, 6.45) is 0. The van der Waals surface area contributed by atoms with E-state index in [4.69, 9.17) is 9.11 Å². The van der Waals surface area contributed by atoms with Gasteiger partial charge in [0, 0.05) is 11.2 Å². The molecule has 10 heavy (non-hydrogen) atoms. The summed E-state index contributed by atoms with van der Waals surface area (Å²) < 4.78 is 38.3. The summed E-state index contributed by atoms with van der Waals surface area (Å²) in [5.74, 6) is 0. The molecule has 0 fully saturated rings. The second-order valence-electron chi connectivity index (χ2n) is 0.713. The fourth-order valence-corrected chi connectivity index (χ4v) is 1.09. The van der Waals surface area contributed by atoms with E-state index in [1.54, 1.807) is 0 Å². The minimum absolute atomic E-state index is 0. The zero-order chi connectivity index (χ0) is 6.78. The molecule has 0 aromatic rings. The molecule has 0 saturated carbocycles. The normalized spacial score (nSPS) is 17.4. The van der Waals surface area contributed by atoms with Gasteiger partial charge in [-0.2, -0.15) is 8.42 Å². The van der Waals surface area contributed by atoms with Gasteiger partial charge in [0.15, 0.2) is 0 Å². The predicted octanol–water partition coefficient (Wildman–Crippen LogP) is -2.02. The molecule has 2 N–H and O–H groups in total. The van der Waals surface area contributed by atoms with E-state index >= 15 is 0 Å². The summed E-state index contributed by atoms with van der Waals surface area (Å²) in [6, 6.07) is 0. The first-order valence-electron chi connectivity index (χ1n) is 1.20. The number of hydrogen-bond acceptors (Lipinski definition) is 4. The third kappa shape index (κ3) is 16.8. The van der Waals surface area contributed by atoms with Crippen molar-refractivity contribution in [3.63, 3.8) is 0 Å². The average molecular weight is 226 g/mol. The van der Waals surface area contributed by atoms with E-state index in [0.717, 1.165) is 0 Å². The Morgan fingerprint density at radius 1 is 1.50 bits per heavy atom. The maximum atomic E-state index is 9.79. The molecule has 10 heteroatoms. The Bertz CT molecular complexity index is 181. The van der Waals surface area contributed by atoms with Crippen LogP contribution in [0, 0.1) is 0 Å². The van der Waals surface area contributed by atoms with Crippen LogP contribution in [0.5, 0.6) is 0 Å². The van der Waals surface area contributed by atoms with E-state index in [0.29, 0.717) is 0 Å². The van der Waals surface area contributed by atoms with Crippen LogP contribution >= 0.6 is 0 Å². The van der Waals surface area contributed by atoms with Gasteiger partial charge in [0.05, 0.1) is 0 Å². The maximum absolute atomic E-state index is 9.79. The zero-order valence-corrected chi connectivity index (χ0v) is 5.79. The van der Waals surface area contributed by atoms with Crippen molar-refractivity contribution in [1.82, 2.24) is 0 Å². The van der Waals surface area contributed by atoms with Crippen LogP contribution in [0.2, 0.25) is 0 Å². The molecule has 0 aliphatic heterocycles. The van der Waals surface area contributed by atoms with Crippen LogP contribution < -0.4 is 0 Å². The van der Waals surface area contributed by atoms with Crippen LogP contribution in [0.25, 0.3) is 0 Å². The average Bonchev–Trinajstić information content (AvgIpc) is 1.21. The molecule has 2 atom stereocenters. The van der Waals surface area contributed by atoms with Gasteiger partial charge in [-0.1, -0.05) is 0 Å². The van der Waals surface area contributed by atoms with Crippen molar-refractivity contribution in [2.45, 2.75) is 0 Å². The van der Waals surface area contributed by atoms with Gasteiger partial charge in [0.2, 0.25) is 0 Å². The monoisotopic (exact) mass is 226 g/mol. The molecule has 0 aromatic heterocycles. The van der Waals surface area contributed by atoms with Gasteiger partial charge >= 0.3 is 70.5 Å². The Balaban J connectivity index is -0.000000245. The number of rotatable bonds is 2. The fraction of sp³-hybridized carbons (Fsp3) is 0. The summed E-state index contributed by atoms with van der Waals surface area (Å²) >= 11 is 0.905. The summed E-state index contributed by atoms with van der Waals surface area (Å²) in [5.41, 5.74) is 0. The molecule has 2 unspecified atom stereocenters. The molecule has 0 heterocycles. The Hall–Kier alpha value is 2.40. The first-order valence-corrected chi connectivity index (χ1v) is 4.60. The molecule has 0 bridgehead atoms. The molecule has 54 valence electrons. The molecule has 0 radical (unpaired) electrons. The van der Waals surface area contributed by atoms with Crippen LogP contribution in [-0.2, 0) is 35.2 Å². The van der Waals surface area contributed by atoms with Crippen LogP contribution in [0.1, 0.15) is 0 Å². The fourth-order valence-electron chi connectivity index (χ4n) is 0.0736. The standard InChI is InChI=1S/2Na.H2O5S3.2H/c;;1-7(2)5-8(3,4)6;;/h;;(H,1,2)(H,3,4,6);;. The summed E-state index contributed by atoms with van der Waals surface area (Å²) in [7, 11) is -3.94. The molecular weight excluding hydrogens is 222 g/mol. The summed E-state index contributed by atoms with van der Waals surface area (Å²) in [4.78, 5) is 0. The van der Waals surface area contributed by atoms with Crippen LogP contribution in [0.3, 0.4) is 0 Å². The molecule has 0 rings (SSSR count). The molecule has 5 nitrogen and oxygen atoms in total. The summed E-state index contributed by atoms with van der Waals surface area (Å²) in [6.45, 7) is 0. The third-order valence-corrected chi connectivity index (χ3v) is 1.80. The minimum atomic E-state index is -3.94. The van der Waals surface area contributed by atoms with Gasteiger partial charge in [0.25, 0.3) is 9.05 Å². The van der Waals surface area contributed by atoms with Crippen LogP contribution in [-0.4, -0.2) is 76.6 Å². The van der Waals surface area contributed by atoms with Gasteiger partial charge in [-0.3, -0.25) is 9.11 Å². The Morgan fingerprint density at radius 3 is 1.80 bits per heavy atom. The van der Waals surface area contributed by atoms with E-state index in [2.05, 4.69) is 14.8 Å². The van der Waals surface area contributed by atoms with Gasteiger partial charge < -0.3 is 0 Å². The van der Waals surface area contributed by atoms with Crippen molar-refractivity contribution in [2.75, 3.05) is 0 Å². The number of hydrogen-bond donors (Lipinski definition) is 2. The van der Waals surface area contributed by atoms with Crippen molar-refractivity contribution >= 4 is 90.7 Å². The third-order valence-electron chi connectivity index (χ3n) is 0.144. The SMILES string of the molecule is O=S(O)OS(=O)(O)=S.[NaH].[NaH]. The second kappa shape index (κ2) is 8.02. The van der Waals surface area contributed by atoms with E-state index in [9.17, 15) is 8.42 Å². The Morgan fingerprint density at radius 2 is 1.80 bits per heavy atom. The van der Waals surface area contributed by atoms with Crippen LogP contribution in [0.15, 0.2) is 0 Å². The van der Waals surface area contributed by atoms with Gasteiger partial charge in [0.1, 0.15) is 0 Å². The van der Waals surface area contributed by atoms with E-state index in [1.807, 2.05) is 0 Å². The van der Waals surface area contributed by atoms with Crippen molar-refractivity contribution in [1.29, 1.82) is 0 Å². The first kappa shape index (κ1) is 18.2. The van der Waals surface area contributed by atoms with E-state index < -0.39 is 20.4 Å². The summed E-state index contributed by atoms with van der Waals surface area (Å²) in [5, 5.41) is 0. The van der Waals surface area contributed by atoms with Gasteiger partial charge in [-0.25, -0.2) is 0 Å². The molecule has 0 aromatic carbocycles. The zero-order valence-electron chi connectivity index (χ0n) is 3.34. The van der Waals surface area contributed by atoms with Crippen molar-refractivity contribution in [3.8, 4) is 0 Å². The second-order valence-corrected chi connectivity index (χ2v) is 3.81. The Kier molecular flexibility index (Phi) is 14.6. The predicted molar refractivity (Wildman–Crippen MR) is 44.3 cm³/mol. The molecule has 0 amide bonds. The van der Waals surface area contributed by atoms with Crippen LogP contribution in [0.4, 0.5) is 0 Å². The topological polar surface area (TPSA) is 83.8 Å². The van der Waals surface area contributed by atoms with Crippen molar-refractivity contribution in [3.05, 3.63) is 0 Å². The van der Waals surface area contributed by atoms with Crippen molar-refractivity contribution < 1.29 is 21.2 Å². The molecule has 0 aliphatic carbocycles. The molecule has 0 spiro atoms. The van der Waals surface area contributed by atoms with Crippen molar-refractivity contribution in [2.24, 2.45) is 0 Å².